The van der Waals surface area contributed by atoms with Crippen LogP contribution < -0.4 is 19.1 Å². The Hall–Kier alpha value is -3.45. The number of aromatic nitrogens is 2. The number of fused-ring (bicyclic) bond motifs is 4. The molecular weight excluding hydrogens is 688 g/mol. The van der Waals surface area contributed by atoms with Gasteiger partial charge in [-0.1, -0.05) is 12.1 Å². The van der Waals surface area contributed by atoms with Gasteiger partial charge in [0.1, 0.15) is 47.9 Å². The number of methoxy groups -OCH3 is 1. The van der Waals surface area contributed by atoms with Gasteiger partial charge in [-0.2, -0.15) is 9.97 Å². The van der Waals surface area contributed by atoms with E-state index >= 15 is 4.39 Å². The minimum absolute atomic E-state index is 0.0661. The van der Waals surface area contributed by atoms with Crippen molar-refractivity contribution in [2.24, 2.45) is 0 Å². The molecule has 4 fully saturated rings. The van der Waals surface area contributed by atoms with Crippen molar-refractivity contribution in [2.75, 3.05) is 44.8 Å². The Kier molecular flexibility index (Phi) is 8.80. The number of hydrogen-bond donors (Lipinski definition) is 0. The fourth-order valence-corrected chi connectivity index (χ4v) is 8.21. The number of piperazine rings is 1. The summed E-state index contributed by atoms with van der Waals surface area (Å²) in [6.07, 6.45) is 2.68. The van der Waals surface area contributed by atoms with E-state index in [1.807, 2.05) is 45.0 Å². The number of carbonyl (C=O) groups is 1. The second kappa shape index (κ2) is 12.8. The summed E-state index contributed by atoms with van der Waals surface area (Å²) in [5, 5.41) is 0.487. The molecule has 2 aromatic carbocycles. The van der Waals surface area contributed by atoms with Crippen LogP contribution in [0.25, 0.3) is 10.9 Å². The molecule has 258 valence electrons. The van der Waals surface area contributed by atoms with E-state index in [9.17, 15) is 9.18 Å². The standard InChI is InChI=1S/C35H42BrF2N5O5/c1-34(2,3)48-33(44)41-17-23-8-9-24(18-41)43(23)31-26-14-27(38)28(36)30(46-19-21-6-10-25(45-4)11-7-21)29(26)39-32(40-31)47-20-35-12-5-13-42(35)16-22(37)15-35/h6-7,10-11,14,22-24H,5,8-9,12-13,15-20H2,1-4H3/t22-,23?,24?,35+/m1/s1. The monoisotopic (exact) mass is 729 g/mol. The van der Waals surface area contributed by atoms with Gasteiger partial charge in [0, 0.05) is 43.5 Å². The Morgan fingerprint density at radius 2 is 1.81 bits per heavy atom. The van der Waals surface area contributed by atoms with E-state index in [4.69, 9.17) is 28.9 Å². The smallest absolute Gasteiger partial charge is 0.410 e. The Balaban J connectivity index is 1.25. The molecule has 4 aliphatic rings. The predicted molar refractivity (Wildman–Crippen MR) is 180 cm³/mol. The number of anilines is 1. The summed E-state index contributed by atoms with van der Waals surface area (Å²) in [5.74, 6) is 0.978. The molecule has 0 aliphatic carbocycles. The van der Waals surface area contributed by atoms with Crippen LogP contribution in [0.1, 0.15) is 58.4 Å². The summed E-state index contributed by atoms with van der Waals surface area (Å²) in [7, 11) is 1.61. The van der Waals surface area contributed by atoms with Gasteiger partial charge in [0.2, 0.25) is 0 Å². The molecular formula is C35H42BrF2N5O5. The van der Waals surface area contributed by atoms with Gasteiger partial charge in [-0.15, -0.1) is 0 Å². The van der Waals surface area contributed by atoms with Gasteiger partial charge in [-0.05, 0) is 92.7 Å². The van der Waals surface area contributed by atoms with Crippen LogP contribution in [0, 0.1) is 5.82 Å². The number of hydrogen-bond acceptors (Lipinski definition) is 9. The average Bonchev–Trinajstić information content (AvgIpc) is 3.66. The third-order valence-electron chi connectivity index (χ3n) is 9.95. The SMILES string of the molecule is COc1ccc(COc2c(Br)c(F)cc3c(N4C5CCC4CN(C(=O)OC(C)(C)C)C5)nc(OC[C@@]45CCCN4C[C@H](F)C5)nc23)cc1. The van der Waals surface area contributed by atoms with Gasteiger partial charge < -0.3 is 28.7 Å². The number of ether oxygens (including phenoxy) is 4. The number of alkyl halides is 1. The highest BCUT2D eigenvalue weighted by atomic mass is 79.9. The summed E-state index contributed by atoms with van der Waals surface area (Å²) in [6.45, 7) is 8.13. The van der Waals surface area contributed by atoms with E-state index in [2.05, 4.69) is 25.7 Å². The first-order chi connectivity index (χ1) is 22.9. The molecule has 7 rings (SSSR count). The molecule has 13 heteroatoms. The number of rotatable bonds is 8. The molecule has 4 aliphatic heterocycles. The molecule has 0 spiro atoms. The minimum atomic E-state index is -0.893. The lowest BCUT2D eigenvalue weighted by atomic mass is 9.95. The highest BCUT2D eigenvalue weighted by molar-refractivity contribution is 9.10. The summed E-state index contributed by atoms with van der Waals surface area (Å²) in [6, 6.07) is 8.88. The van der Waals surface area contributed by atoms with E-state index < -0.39 is 23.1 Å². The molecule has 0 N–H and O–H groups in total. The van der Waals surface area contributed by atoms with Crippen molar-refractivity contribution in [2.45, 2.75) is 88.9 Å². The number of nitrogens with zero attached hydrogens (tertiary/aromatic N) is 5. The van der Waals surface area contributed by atoms with E-state index in [0.717, 1.165) is 43.5 Å². The van der Waals surface area contributed by atoms with Crippen molar-refractivity contribution < 1.29 is 32.5 Å². The highest BCUT2D eigenvalue weighted by Crippen LogP contribution is 2.45. The molecule has 4 saturated heterocycles. The maximum Gasteiger partial charge on any atom is 0.410 e. The van der Waals surface area contributed by atoms with Crippen LogP contribution in [0.3, 0.4) is 0 Å². The average molecular weight is 731 g/mol. The Morgan fingerprint density at radius 3 is 2.50 bits per heavy atom. The lowest BCUT2D eigenvalue weighted by Gasteiger charge is -2.42. The van der Waals surface area contributed by atoms with Crippen molar-refractivity contribution in [3.63, 3.8) is 0 Å². The molecule has 48 heavy (non-hydrogen) atoms. The highest BCUT2D eigenvalue weighted by Gasteiger charge is 2.50. The third kappa shape index (κ3) is 6.35. The zero-order chi connectivity index (χ0) is 33.8. The zero-order valence-electron chi connectivity index (χ0n) is 27.8. The lowest BCUT2D eigenvalue weighted by molar-refractivity contribution is 0.0209. The van der Waals surface area contributed by atoms with Gasteiger partial charge in [0.25, 0.3) is 0 Å². The van der Waals surface area contributed by atoms with Gasteiger partial charge in [-0.3, -0.25) is 4.90 Å². The van der Waals surface area contributed by atoms with Crippen molar-refractivity contribution in [3.05, 3.63) is 46.2 Å². The number of carbonyl (C=O) groups excluding carboxylic acids is 1. The first kappa shape index (κ1) is 33.1. The molecule has 0 saturated carbocycles. The van der Waals surface area contributed by atoms with Crippen LogP contribution in [-0.2, 0) is 11.3 Å². The zero-order valence-corrected chi connectivity index (χ0v) is 29.4. The first-order valence-electron chi connectivity index (χ1n) is 16.7. The number of likely N-dealkylation sites (tertiary alicyclic amines) is 1. The normalized spacial score (nSPS) is 25.4. The van der Waals surface area contributed by atoms with Gasteiger partial charge in [0.05, 0.1) is 17.1 Å². The van der Waals surface area contributed by atoms with Crippen LogP contribution in [0.4, 0.5) is 19.4 Å². The van der Waals surface area contributed by atoms with Crippen LogP contribution in [-0.4, -0.2) is 95.2 Å². The number of benzene rings is 2. The summed E-state index contributed by atoms with van der Waals surface area (Å²) in [5.41, 5.74) is 0.268. The van der Waals surface area contributed by atoms with Crippen LogP contribution in [0.15, 0.2) is 34.8 Å². The van der Waals surface area contributed by atoms with Gasteiger partial charge in [-0.25, -0.2) is 13.6 Å². The van der Waals surface area contributed by atoms with E-state index in [0.29, 0.717) is 42.8 Å². The molecule has 1 amide bonds. The quantitative estimate of drug-likeness (QED) is 0.253. The Labute approximate surface area is 287 Å². The van der Waals surface area contributed by atoms with Crippen LogP contribution in [0.5, 0.6) is 17.5 Å². The van der Waals surface area contributed by atoms with Crippen molar-refractivity contribution in [3.8, 4) is 17.5 Å². The Bertz CT molecular complexity index is 1680. The minimum Gasteiger partial charge on any atom is -0.497 e. The fourth-order valence-electron chi connectivity index (χ4n) is 7.79. The first-order valence-corrected chi connectivity index (χ1v) is 17.5. The molecule has 4 atom stereocenters. The van der Waals surface area contributed by atoms with Crippen LogP contribution in [0.2, 0.25) is 0 Å². The summed E-state index contributed by atoms with van der Waals surface area (Å²) < 4.78 is 54.0. The van der Waals surface area contributed by atoms with Gasteiger partial charge >= 0.3 is 12.1 Å². The van der Waals surface area contributed by atoms with Crippen molar-refractivity contribution >= 4 is 38.7 Å². The Morgan fingerprint density at radius 1 is 1.08 bits per heavy atom. The molecule has 2 bridgehead atoms. The molecule has 3 aromatic rings. The largest absolute Gasteiger partial charge is 0.497 e. The van der Waals surface area contributed by atoms with E-state index in [-0.39, 0.29) is 47.6 Å². The number of amides is 1. The summed E-state index contributed by atoms with van der Waals surface area (Å²) in [4.78, 5) is 28.9. The fraction of sp³-hybridized carbons (Fsp3) is 0.571. The summed E-state index contributed by atoms with van der Waals surface area (Å²) >= 11 is 3.42. The topological polar surface area (TPSA) is 89.5 Å². The second-order valence-electron chi connectivity index (χ2n) is 14.4. The van der Waals surface area contributed by atoms with E-state index in [1.54, 1.807) is 12.0 Å². The number of halogens is 3. The predicted octanol–water partition coefficient (Wildman–Crippen LogP) is 6.66. The van der Waals surface area contributed by atoms with Crippen molar-refractivity contribution in [1.82, 2.24) is 19.8 Å². The van der Waals surface area contributed by atoms with Crippen LogP contribution >= 0.6 is 15.9 Å². The maximum absolute atomic E-state index is 15.7. The molecule has 0 radical (unpaired) electrons. The molecule has 1 aromatic heterocycles. The molecule has 2 unspecified atom stereocenters. The lowest BCUT2D eigenvalue weighted by Crippen LogP contribution is -2.56. The second-order valence-corrected chi connectivity index (χ2v) is 15.2. The molecule has 10 nitrogen and oxygen atoms in total. The van der Waals surface area contributed by atoms with Crippen molar-refractivity contribution in [1.29, 1.82) is 0 Å². The molecule has 5 heterocycles. The van der Waals surface area contributed by atoms with E-state index in [1.165, 1.54) is 6.07 Å². The third-order valence-corrected chi connectivity index (χ3v) is 10.7. The van der Waals surface area contributed by atoms with Gasteiger partial charge in [0.15, 0.2) is 5.75 Å². The maximum atomic E-state index is 15.7.